The van der Waals surface area contributed by atoms with Gasteiger partial charge in [-0.25, -0.2) is 9.67 Å². The summed E-state index contributed by atoms with van der Waals surface area (Å²) in [6.45, 7) is 3.07. The van der Waals surface area contributed by atoms with Crippen molar-refractivity contribution in [3.8, 4) is 0 Å². The highest BCUT2D eigenvalue weighted by atomic mass is 16.4. The van der Waals surface area contributed by atoms with Gasteiger partial charge in [-0.05, 0) is 39.8 Å². The number of rotatable bonds is 5. The van der Waals surface area contributed by atoms with Crippen LogP contribution in [0, 0.1) is 12.8 Å². The van der Waals surface area contributed by atoms with Crippen LogP contribution in [0.25, 0.3) is 0 Å². The molecule has 2 aliphatic rings. The molecule has 0 N–H and O–H groups in total. The minimum absolute atomic E-state index is 0.0793. The van der Waals surface area contributed by atoms with Crippen LogP contribution in [0.1, 0.15) is 41.0 Å². The number of aryl methyl sites for hydroxylation is 1. The Hall–Kier alpha value is -2.22. The number of hydrogen-bond donors (Lipinski definition) is 0. The highest BCUT2D eigenvalue weighted by Gasteiger charge is 2.40. The summed E-state index contributed by atoms with van der Waals surface area (Å²) in [6, 6.07) is 0.260. The molecule has 0 bridgehead atoms. The average molecular weight is 344 g/mol. The summed E-state index contributed by atoms with van der Waals surface area (Å²) in [4.78, 5) is 21.4. The molecule has 2 atom stereocenters. The minimum atomic E-state index is -0.0819. The minimum Gasteiger partial charge on any atom is -0.435 e. The summed E-state index contributed by atoms with van der Waals surface area (Å²) >= 11 is 0. The summed E-state index contributed by atoms with van der Waals surface area (Å²) < 4.78 is 7.65. The normalized spacial score (nSPS) is 23.6. The van der Waals surface area contributed by atoms with Gasteiger partial charge in [0.2, 0.25) is 5.76 Å². The predicted molar refractivity (Wildman–Crippen MR) is 90.1 cm³/mol. The lowest BCUT2D eigenvalue weighted by molar-refractivity contribution is 0.0746. The van der Waals surface area contributed by atoms with Crippen LogP contribution in [0.4, 0.5) is 0 Å². The fourth-order valence-electron chi connectivity index (χ4n) is 3.55. The van der Waals surface area contributed by atoms with Gasteiger partial charge in [0.1, 0.15) is 0 Å². The molecule has 1 aliphatic carbocycles. The molecule has 1 saturated carbocycles. The van der Waals surface area contributed by atoms with Gasteiger partial charge in [-0.2, -0.15) is 0 Å². The van der Waals surface area contributed by atoms with Crippen LogP contribution in [-0.2, 0) is 6.42 Å². The molecular weight excluding hydrogens is 320 g/mol. The Morgan fingerprint density at radius 2 is 2.16 bits per heavy atom. The molecule has 0 aromatic carbocycles. The molecule has 0 spiro atoms. The van der Waals surface area contributed by atoms with Gasteiger partial charge in [0.15, 0.2) is 5.89 Å². The van der Waals surface area contributed by atoms with E-state index in [0.717, 1.165) is 6.42 Å². The summed E-state index contributed by atoms with van der Waals surface area (Å²) in [5.41, 5.74) is 0.686. The van der Waals surface area contributed by atoms with E-state index in [1.54, 1.807) is 6.20 Å². The molecule has 8 nitrogen and oxygen atoms in total. The van der Waals surface area contributed by atoms with Crippen molar-refractivity contribution >= 4 is 5.91 Å². The van der Waals surface area contributed by atoms with Gasteiger partial charge >= 0.3 is 0 Å². The predicted octanol–water partition coefficient (Wildman–Crippen LogP) is 1.15. The standard InChI is InChI=1S/C17H24N6O2/c1-11-16(25-15(19-11)8-12-4-5-12)17(24)22-9-13(21(2)3)14(10-22)23-7-6-18-20-23/h6-7,12-14H,4-5,8-10H2,1-3H3/t13-,14+/m1/s1. The molecule has 2 aromatic rings. The second-order valence-corrected chi connectivity index (χ2v) is 7.36. The molecule has 8 heteroatoms. The third-order valence-electron chi connectivity index (χ3n) is 5.19. The van der Waals surface area contributed by atoms with Crippen LogP contribution in [0.3, 0.4) is 0 Å². The average Bonchev–Trinajstić information content (AvgIpc) is 3.00. The number of aromatic nitrogens is 4. The first kappa shape index (κ1) is 16.3. The summed E-state index contributed by atoms with van der Waals surface area (Å²) in [5, 5.41) is 8.03. The fourth-order valence-corrected chi connectivity index (χ4v) is 3.55. The van der Waals surface area contributed by atoms with Gasteiger partial charge in [-0.3, -0.25) is 4.79 Å². The molecule has 3 heterocycles. The van der Waals surface area contributed by atoms with E-state index in [-0.39, 0.29) is 18.0 Å². The fraction of sp³-hybridized carbons (Fsp3) is 0.647. The number of hydrogen-bond acceptors (Lipinski definition) is 6. The van der Waals surface area contributed by atoms with Gasteiger partial charge in [-0.1, -0.05) is 5.21 Å². The number of oxazole rings is 1. The molecule has 2 aromatic heterocycles. The maximum absolute atomic E-state index is 13.0. The number of carbonyl (C=O) groups is 1. The van der Waals surface area contributed by atoms with Crippen molar-refractivity contribution in [1.29, 1.82) is 0 Å². The van der Waals surface area contributed by atoms with E-state index >= 15 is 0 Å². The van der Waals surface area contributed by atoms with Crippen LogP contribution in [0.5, 0.6) is 0 Å². The quantitative estimate of drug-likeness (QED) is 0.810. The largest absolute Gasteiger partial charge is 0.435 e. The Morgan fingerprint density at radius 1 is 1.36 bits per heavy atom. The number of likely N-dealkylation sites (N-methyl/N-ethyl adjacent to an activating group) is 1. The Balaban J connectivity index is 1.53. The Morgan fingerprint density at radius 3 is 2.80 bits per heavy atom. The lowest BCUT2D eigenvalue weighted by Gasteiger charge is -2.24. The zero-order chi connectivity index (χ0) is 17.6. The molecule has 2 fully saturated rings. The van der Waals surface area contributed by atoms with Crippen molar-refractivity contribution in [2.45, 2.75) is 38.3 Å². The second-order valence-electron chi connectivity index (χ2n) is 7.36. The van der Waals surface area contributed by atoms with Crippen LogP contribution >= 0.6 is 0 Å². The van der Waals surface area contributed by atoms with E-state index in [9.17, 15) is 4.79 Å². The molecule has 0 unspecified atom stereocenters. The first-order valence-electron chi connectivity index (χ1n) is 8.80. The van der Waals surface area contributed by atoms with Crippen molar-refractivity contribution in [3.05, 3.63) is 29.7 Å². The molecule has 0 radical (unpaired) electrons. The Labute approximate surface area is 146 Å². The van der Waals surface area contributed by atoms with Gasteiger partial charge in [-0.15, -0.1) is 5.10 Å². The van der Waals surface area contributed by atoms with Crippen molar-refractivity contribution in [3.63, 3.8) is 0 Å². The zero-order valence-corrected chi connectivity index (χ0v) is 14.9. The first-order valence-corrected chi connectivity index (χ1v) is 8.80. The van der Waals surface area contributed by atoms with Crippen LogP contribution in [-0.4, -0.2) is 68.9 Å². The number of amides is 1. The molecule has 25 heavy (non-hydrogen) atoms. The van der Waals surface area contributed by atoms with Crippen LogP contribution in [0.15, 0.2) is 16.8 Å². The van der Waals surface area contributed by atoms with Gasteiger partial charge in [0.05, 0.1) is 24.0 Å². The van der Waals surface area contributed by atoms with Crippen molar-refractivity contribution in [2.75, 3.05) is 27.2 Å². The SMILES string of the molecule is Cc1nc(CC2CC2)oc1C(=O)N1C[C@@H](N(C)C)[C@@H](n2ccnn2)C1. The zero-order valence-electron chi connectivity index (χ0n) is 14.9. The van der Waals surface area contributed by atoms with Gasteiger partial charge in [0, 0.05) is 25.7 Å². The lowest BCUT2D eigenvalue weighted by atomic mass is 10.1. The van der Waals surface area contributed by atoms with E-state index in [4.69, 9.17) is 4.42 Å². The molecule has 4 rings (SSSR count). The highest BCUT2D eigenvalue weighted by molar-refractivity contribution is 5.92. The summed E-state index contributed by atoms with van der Waals surface area (Å²) in [5.74, 6) is 1.68. The van der Waals surface area contributed by atoms with E-state index in [2.05, 4.69) is 20.2 Å². The molecule has 1 aliphatic heterocycles. The van der Waals surface area contributed by atoms with Crippen molar-refractivity contribution in [1.82, 2.24) is 29.8 Å². The monoisotopic (exact) mass is 344 g/mol. The van der Waals surface area contributed by atoms with Crippen LogP contribution in [0.2, 0.25) is 0 Å². The Bertz CT molecular complexity index is 749. The van der Waals surface area contributed by atoms with E-state index in [0.29, 0.717) is 36.4 Å². The smallest absolute Gasteiger partial charge is 0.291 e. The molecule has 134 valence electrons. The number of likely N-dealkylation sites (tertiary alicyclic amines) is 1. The lowest BCUT2D eigenvalue weighted by Crippen LogP contribution is -2.37. The van der Waals surface area contributed by atoms with Gasteiger partial charge in [0.25, 0.3) is 5.91 Å². The van der Waals surface area contributed by atoms with E-state index < -0.39 is 0 Å². The highest BCUT2D eigenvalue weighted by Crippen LogP contribution is 2.33. The number of carbonyl (C=O) groups excluding carboxylic acids is 1. The number of nitrogens with zero attached hydrogens (tertiary/aromatic N) is 6. The summed E-state index contributed by atoms with van der Waals surface area (Å²) in [7, 11) is 4.05. The molecule has 1 saturated heterocycles. The third-order valence-corrected chi connectivity index (χ3v) is 5.19. The summed E-state index contributed by atoms with van der Waals surface area (Å²) in [6.07, 6.45) is 6.84. The maximum atomic E-state index is 13.0. The van der Waals surface area contributed by atoms with E-state index in [1.165, 1.54) is 12.8 Å². The molecule has 1 amide bonds. The maximum Gasteiger partial charge on any atom is 0.291 e. The van der Waals surface area contributed by atoms with Crippen molar-refractivity contribution < 1.29 is 9.21 Å². The van der Waals surface area contributed by atoms with Gasteiger partial charge < -0.3 is 14.2 Å². The molecular formula is C17H24N6O2. The Kier molecular flexibility index (Phi) is 4.07. The van der Waals surface area contributed by atoms with Crippen LogP contribution < -0.4 is 0 Å². The first-order chi connectivity index (χ1) is 12.0. The van der Waals surface area contributed by atoms with E-state index in [1.807, 2.05) is 36.8 Å². The second kappa shape index (κ2) is 6.25. The van der Waals surface area contributed by atoms with Crippen molar-refractivity contribution in [2.24, 2.45) is 5.92 Å². The topological polar surface area (TPSA) is 80.3 Å². The third kappa shape index (κ3) is 3.18.